The Kier molecular flexibility index (Phi) is 6.79. The standard InChI is InChI=1S/C10H20O4.H2S/c1-4-6(2)13-10-9(12)5-8(11)7(3)14-10;/h6-12H,4-5H2,1-3H3;1H2/t6-,7?,8-,9?,10-;/m1./s1. The molecule has 0 aromatic carbocycles. The van der Waals surface area contributed by atoms with Crippen molar-refractivity contribution in [3.8, 4) is 0 Å². The summed E-state index contributed by atoms with van der Waals surface area (Å²) in [6.45, 7) is 5.73. The van der Waals surface area contributed by atoms with Gasteiger partial charge in [-0.05, 0) is 20.3 Å². The molecule has 0 saturated carbocycles. The molecule has 1 fully saturated rings. The van der Waals surface area contributed by atoms with E-state index in [0.717, 1.165) is 6.42 Å². The molecule has 0 aromatic rings. The van der Waals surface area contributed by atoms with Crippen molar-refractivity contribution >= 4 is 13.5 Å². The average molecular weight is 238 g/mol. The van der Waals surface area contributed by atoms with E-state index in [0.29, 0.717) is 6.42 Å². The zero-order valence-corrected chi connectivity index (χ0v) is 10.5. The monoisotopic (exact) mass is 238 g/mol. The second-order valence-corrected chi connectivity index (χ2v) is 3.93. The molecule has 1 aliphatic heterocycles. The average Bonchev–Trinajstić information content (AvgIpc) is 2.14. The second kappa shape index (κ2) is 6.70. The predicted molar refractivity (Wildman–Crippen MR) is 62.2 cm³/mol. The molecule has 0 bridgehead atoms. The summed E-state index contributed by atoms with van der Waals surface area (Å²) in [6.07, 6.45) is -0.920. The number of aliphatic hydroxyl groups is 2. The maximum absolute atomic E-state index is 9.59. The van der Waals surface area contributed by atoms with Crippen molar-refractivity contribution in [2.24, 2.45) is 0 Å². The molecular formula is C10H22O4S. The highest BCUT2D eigenvalue weighted by molar-refractivity contribution is 7.59. The van der Waals surface area contributed by atoms with Crippen molar-refractivity contribution in [1.29, 1.82) is 0 Å². The molecule has 0 radical (unpaired) electrons. The topological polar surface area (TPSA) is 58.9 Å². The Balaban J connectivity index is 0.00000196. The van der Waals surface area contributed by atoms with Gasteiger partial charge in [0.15, 0.2) is 6.29 Å². The van der Waals surface area contributed by atoms with E-state index in [1.807, 2.05) is 13.8 Å². The number of rotatable bonds is 3. The molecule has 1 rings (SSSR count). The van der Waals surface area contributed by atoms with Crippen molar-refractivity contribution in [3.05, 3.63) is 0 Å². The molecular weight excluding hydrogens is 216 g/mol. The summed E-state index contributed by atoms with van der Waals surface area (Å²) in [5, 5.41) is 19.0. The quantitative estimate of drug-likeness (QED) is 0.762. The van der Waals surface area contributed by atoms with Gasteiger partial charge in [0.1, 0.15) is 6.10 Å². The van der Waals surface area contributed by atoms with Crippen LogP contribution in [0.25, 0.3) is 0 Å². The van der Waals surface area contributed by atoms with Gasteiger partial charge in [-0.1, -0.05) is 6.92 Å². The number of hydrogen-bond acceptors (Lipinski definition) is 4. The summed E-state index contributed by atoms with van der Waals surface area (Å²) >= 11 is 0. The first-order valence-electron chi connectivity index (χ1n) is 5.21. The minimum atomic E-state index is -0.727. The fourth-order valence-corrected chi connectivity index (χ4v) is 1.39. The van der Waals surface area contributed by atoms with E-state index in [2.05, 4.69) is 0 Å². The van der Waals surface area contributed by atoms with Crippen LogP contribution in [0.4, 0.5) is 0 Å². The lowest BCUT2D eigenvalue weighted by Crippen LogP contribution is -2.48. The maximum Gasteiger partial charge on any atom is 0.184 e. The molecule has 0 aromatic heterocycles. The van der Waals surface area contributed by atoms with E-state index in [-0.39, 0.29) is 25.7 Å². The van der Waals surface area contributed by atoms with Gasteiger partial charge in [-0.15, -0.1) is 0 Å². The third-order valence-electron chi connectivity index (χ3n) is 2.63. The Labute approximate surface area is 98.0 Å². The van der Waals surface area contributed by atoms with E-state index in [1.54, 1.807) is 6.92 Å². The summed E-state index contributed by atoms with van der Waals surface area (Å²) in [5.74, 6) is 0. The Morgan fingerprint density at radius 3 is 2.53 bits per heavy atom. The van der Waals surface area contributed by atoms with Crippen LogP contribution in [-0.4, -0.2) is 40.9 Å². The van der Waals surface area contributed by atoms with Crippen LogP contribution >= 0.6 is 13.5 Å². The summed E-state index contributed by atoms with van der Waals surface area (Å²) in [6, 6.07) is 0. The van der Waals surface area contributed by atoms with Gasteiger partial charge >= 0.3 is 0 Å². The fraction of sp³-hybridized carbons (Fsp3) is 1.00. The van der Waals surface area contributed by atoms with Crippen LogP contribution in [0, 0.1) is 0 Å². The van der Waals surface area contributed by atoms with Crippen molar-refractivity contribution in [1.82, 2.24) is 0 Å². The van der Waals surface area contributed by atoms with Crippen LogP contribution in [0.3, 0.4) is 0 Å². The third kappa shape index (κ3) is 4.28. The molecule has 0 spiro atoms. The molecule has 1 aliphatic rings. The number of hydrogen-bond donors (Lipinski definition) is 2. The molecule has 1 heterocycles. The van der Waals surface area contributed by atoms with Gasteiger partial charge in [-0.3, -0.25) is 0 Å². The Morgan fingerprint density at radius 1 is 1.40 bits per heavy atom. The van der Waals surface area contributed by atoms with E-state index in [1.165, 1.54) is 0 Å². The van der Waals surface area contributed by atoms with Gasteiger partial charge in [0.25, 0.3) is 0 Å². The van der Waals surface area contributed by atoms with Crippen molar-refractivity contribution in [3.63, 3.8) is 0 Å². The molecule has 2 N–H and O–H groups in total. The Morgan fingerprint density at radius 2 is 2.00 bits per heavy atom. The fourth-order valence-electron chi connectivity index (χ4n) is 1.39. The van der Waals surface area contributed by atoms with Gasteiger partial charge in [-0.2, -0.15) is 13.5 Å². The summed E-state index contributed by atoms with van der Waals surface area (Å²) in [4.78, 5) is 0. The van der Waals surface area contributed by atoms with Crippen molar-refractivity contribution in [2.45, 2.75) is 64.3 Å². The van der Waals surface area contributed by atoms with Crippen LogP contribution < -0.4 is 0 Å². The largest absolute Gasteiger partial charge is 0.390 e. The van der Waals surface area contributed by atoms with Gasteiger partial charge in [0.05, 0.1) is 18.3 Å². The summed E-state index contributed by atoms with van der Waals surface area (Å²) < 4.78 is 10.8. The van der Waals surface area contributed by atoms with E-state index in [4.69, 9.17) is 9.47 Å². The Bertz CT molecular complexity index is 177. The van der Waals surface area contributed by atoms with Gasteiger partial charge in [-0.25, -0.2) is 0 Å². The SMILES string of the molecule is CC[C@@H](C)O[C@@H]1OC(C)[C@H](O)CC1O.S. The zero-order chi connectivity index (χ0) is 10.7. The molecule has 92 valence electrons. The van der Waals surface area contributed by atoms with Crippen LogP contribution in [0.2, 0.25) is 0 Å². The predicted octanol–water partition coefficient (Wildman–Crippen LogP) is 0.771. The maximum atomic E-state index is 9.59. The normalized spacial score (nSPS) is 38.2. The smallest absolute Gasteiger partial charge is 0.184 e. The van der Waals surface area contributed by atoms with Crippen LogP contribution in [0.1, 0.15) is 33.6 Å². The van der Waals surface area contributed by atoms with E-state index < -0.39 is 18.5 Å². The first-order chi connectivity index (χ1) is 6.54. The second-order valence-electron chi connectivity index (χ2n) is 3.93. The molecule has 1 saturated heterocycles. The summed E-state index contributed by atoms with van der Waals surface area (Å²) in [7, 11) is 0. The minimum Gasteiger partial charge on any atom is -0.390 e. The van der Waals surface area contributed by atoms with Crippen LogP contribution in [0.15, 0.2) is 0 Å². The molecule has 15 heavy (non-hydrogen) atoms. The highest BCUT2D eigenvalue weighted by Gasteiger charge is 2.35. The molecule has 0 aliphatic carbocycles. The van der Waals surface area contributed by atoms with Crippen LogP contribution in [-0.2, 0) is 9.47 Å². The van der Waals surface area contributed by atoms with Crippen molar-refractivity contribution < 1.29 is 19.7 Å². The lowest BCUT2D eigenvalue weighted by molar-refractivity contribution is -0.273. The lowest BCUT2D eigenvalue weighted by atomic mass is 10.0. The highest BCUT2D eigenvalue weighted by atomic mass is 32.1. The molecule has 4 nitrogen and oxygen atoms in total. The van der Waals surface area contributed by atoms with Gasteiger partial charge < -0.3 is 19.7 Å². The first kappa shape index (κ1) is 15.2. The molecule has 0 amide bonds. The summed E-state index contributed by atoms with van der Waals surface area (Å²) in [5.41, 5.74) is 0. The van der Waals surface area contributed by atoms with E-state index >= 15 is 0 Å². The third-order valence-corrected chi connectivity index (χ3v) is 2.63. The first-order valence-corrected chi connectivity index (χ1v) is 5.21. The molecule has 2 unspecified atom stereocenters. The zero-order valence-electron chi connectivity index (χ0n) is 9.51. The van der Waals surface area contributed by atoms with Crippen molar-refractivity contribution in [2.75, 3.05) is 0 Å². The lowest BCUT2D eigenvalue weighted by Gasteiger charge is -2.36. The van der Waals surface area contributed by atoms with Crippen LogP contribution in [0.5, 0.6) is 0 Å². The number of ether oxygens (including phenoxy) is 2. The molecule has 5 atom stereocenters. The van der Waals surface area contributed by atoms with Gasteiger partial charge in [0.2, 0.25) is 0 Å². The minimum absolute atomic E-state index is 0. The Hall–Kier alpha value is 0.190. The number of aliphatic hydroxyl groups excluding tert-OH is 2. The highest BCUT2D eigenvalue weighted by Crippen LogP contribution is 2.22. The van der Waals surface area contributed by atoms with Gasteiger partial charge in [0, 0.05) is 6.42 Å². The molecule has 5 heteroatoms. The van der Waals surface area contributed by atoms with E-state index in [9.17, 15) is 10.2 Å².